The average Bonchev–Trinajstić information content (AvgIpc) is 2.26. The summed E-state index contributed by atoms with van der Waals surface area (Å²) in [6, 6.07) is 0. The van der Waals surface area contributed by atoms with Crippen LogP contribution in [0.3, 0.4) is 0 Å². The second-order valence-corrected chi connectivity index (χ2v) is 6.62. The zero-order valence-electron chi connectivity index (χ0n) is 12.0. The normalized spacial score (nSPS) is 36.4. The summed E-state index contributed by atoms with van der Waals surface area (Å²) in [5.74, 6) is 4.00. The van der Waals surface area contributed by atoms with Gasteiger partial charge in [-0.15, -0.1) is 0 Å². The molecular weight excluding hydrogens is 192 g/mol. The van der Waals surface area contributed by atoms with Crippen molar-refractivity contribution >= 4 is 0 Å². The highest BCUT2D eigenvalue weighted by Crippen LogP contribution is 2.32. The summed E-state index contributed by atoms with van der Waals surface area (Å²) in [4.78, 5) is 0. The fraction of sp³-hybridized carbons (Fsp3) is 1.00. The van der Waals surface area contributed by atoms with Crippen LogP contribution in [0.25, 0.3) is 0 Å². The Labute approximate surface area is 103 Å². The third-order valence-electron chi connectivity index (χ3n) is 4.75. The molecule has 2 aliphatic rings. The van der Waals surface area contributed by atoms with Crippen LogP contribution in [0.4, 0.5) is 0 Å². The molecule has 0 aromatic carbocycles. The van der Waals surface area contributed by atoms with Gasteiger partial charge in [-0.3, -0.25) is 0 Å². The molecule has 2 rings (SSSR count). The molecule has 0 nitrogen and oxygen atoms in total. The Kier molecular flexibility index (Phi) is 6.46. The Morgan fingerprint density at radius 2 is 1.19 bits per heavy atom. The second kappa shape index (κ2) is 7.35. The quantitative estimate of drug-likeness (QED) is 0.497. The lowest BCUT2D eigenvalue weighted by Crippen LogP contribution is -2.18. The van der Waals surface area contributed by atoms with E-state index in [2.05, 4.69) is 27.7 Å². The minimum Gasteiger partial charge on any atom is -0.0625 e. The van der Waals surface area contributed by atoms with E-state index in [4.69, 9.17) is 0 Å². The zero-order chi connectivity index (χ0) is 12.0. The van der Waals surface area contributed by atoms with Gasteiger partial charge in [0.05, 0.1) is 0 Å². The van der Waals surface area contributed by atoms with Crippen LogP contribution < -0.4 is 0 Å². The minimum absolute atomic E-state index is 0.980. The Morgan fingerprint density at radius 1 is 0.562 bits per heavy atom. The highest BCUT2D eigenvalue weighted by molar-refractivity contribution is 4.72. The van der Waals surface area contributed by atoms with Gasteiger partial charge in [-0.05, 0) is 30.1 Å². The molecule has 0 amide bonds. The molecule has 2 saturated carbocycles. The molecule has 2 fully saturated rings. The van der Waals surface area contributed by atoms with Crippen LogP contribution in [0.15, 0.2) is 0 Å². The van der Waals surface area contributed by atoms with Crippen LogP contribution in [0.1, 0.15) is 79.1 Å². The summed E-state index contributed by atoms with van der Waals surface area (Å²) in [5.41, 5.74) is 0. The molecule has 0 N–H and O–H groups in total. The van der Waals surface area contributed by atoms with E-state index in [9.17, 15) is 0 Å². The van der Waals surface area contributed by atoms with E-state index in [1.54, 1.807) is 0 Å². The first kappa shape index (κ1) is 14.1. The topological polar surface area (TPSA) is 0 Å². The maximum Gasteiger partial charge on any atom is -0.0414 e. The first-order valence-corrected chi connectivity index (χ1v) is 7.59. The molecule has 0 spiro atoms. The second-order valence-electron chi connectivity index (χ2n) is 6.62. The van der Waals surface area contributed by atoms with E-state index in [0.717, 1.165) is 23.7 Å². The fourth-order valence-electron chi connectivity index (χ4n) is 3.12. The van der Waals surface area contributed by atoms with Crippen molar-refractivity contribution in [1.29, 1.82) is 0 Å². The molecule has 0 saturated heterocycles. The lowest BCUT2D eigenvalue weighted by molar-refractivity contribution is 0.220. The van der Waals surface area contributed by atoms with Crippen LogP contribution in [-0.4, -0.2) is 0 Å². The highest BCUT2D eigenvalue weighted by Gasteiger charge is 2.20. The molecule has 0 aromatic heterocycles. The van der Waals surface area contributed by atoms with Gasteiger partial charge >= 0.3 is 0 Å². The Balaban J connectivity index is 0.000000165. The van der Waals surface area contributed by atoms with Gasteiger partial charge in [-0.1, -0.05) is 72.6 Å². The highest BCUT2D eigenvalue weighted by atomic mass is 14.3. The Bertz CT molecular complexity index is 167. The van der Waals surface area contributed by atoms with Crippen LogP contribution in [0, 0.1) is 23.7 Å². The summed E-state index contributed by atoms with van der Waals surface area (Å²) in [7, 11) is 0. The predicted molar refractivity (Wildman–Crippen MR) is 73.6 cm³/mol. The van der Waals surface area contributed by atoms with Crippen molar-refractivity contribution in [3.8, 4) is 0 Å². The summed E-state index contributed by atoms with van der Waals surface area (Å²) < 4.78 is 0. The standard InChI is InChI=1S/C9H18.C7H14/c1-7-4-5-8(2)9(3)6-7;1-7-5-3-2-4-6-7/h7-9H,4-6H2,1-3H3;7H,2-6H2,1H3. The van der Waals surface area contributed by atoms with E-state index in [1.165, 1.54) is 51.4 Å². The van der Waals surface area contributed by atoms with Crippen molar-refractivity contribution in [2.24, 2.45) is 23.7 Å². The van der Waals surface area contributed by atoms with Gasteiger partial charge in [0.2, 0.25) is 0 Å². The minimum atomic E-state index is 0.980. The third kappa shape index (κ3) is 5.37. The first-order valence-electron chi connectivity index (χ1n) is 7.59. The van der Waals surface area contributed by atoms with Crippen molar-refractivity contribution in [2.45, 2.75) is 79.1 Å². The molecule has 0 aliphatic heterocycles. The molecule has 0 heteroatoms. The molecule has 16 heavy (non-hydrogen) atoms. The molecule has 0 heterocycles. The SMILES string of the molecule is CC1CCC(C)C(C)C1.CC1CCCCC1. The first-order chi connectivity index (χ1) is 7.59. The maximum absolute atomic E-state index is 2.39. The third-order valence-corrected chi connectivity index (χ3v) is 4.75. The van der Waals surface area contributed by atoms with Gasteiger partial charge in [0.1, 0.15) is 0 Å². The molecule has 2 aliphatic carbocycles. The molecule has 0 aromatic rings. The molecule has 96 valence electrons. The number of hydrogen-bond donors (Lipinski definition) is 0. The molecule has 3 unspecified atom stereocenters. The van der Waals surface area contributed by atoms with E-state index >= 15 is 0 Å². The van der Waals surface area contributed by atoms with E-state index in [0.29, 0.717) is 0 Å². The Hall–Kier alpha value is 0. The smallest absolute Gasteiger partial charge is 0.0414 e. The van der Waals surface area contributed by atoms with Crippen molar-refractivity contribution in [2.75, 3.05) is 0 Å². The number of rotatable bonds is 0. The van der Waals surface area contributed by atoms with Crippen LogP contribution in [-0.2, 0) is 0 Å². The lowest BCUT2D eigenvalue weighted by atomic mass is 9.77. The molecule has 0 radical (unpaired) electrons. The van der Waals surface area contributed by atoms with E-state index in [-0.39, 0.29) is 0 Å². The lowest BCUT2D eigenvalue weighted by Gasteiger charge is -2.29. The van der Waals surface area contributed by atoms with Gasteiger partial charge in [0.15, 0.2) is 0 Å². The number of hydrogen-bond acceptors (Lipinski definition) is 0. The molecule has 3 atom stereocenters. The molecule has 0 bridgehead atoms. The summed E-state index contributed by atoms with van der Waals surface area (Å²) in [6.45, 7) is 9.51. The average molecular weight is 224 g/mol. The monoisotopic (exact) mass is 224 g/mol. The Morgan fingerprint density at radius 3 is 1.56 bits per heavy atom. The van der Waals surface area contributed by atoms with Gasteiger partial charge in [0, 0.05) is 0 Å². The maximum atomic E-state index is 2.39. The van der Waals surface area contributed by atoms with Crippen molar-refractivity contribution in [3.63, 3.8) is 0 Å². The summed E-state index contributed by atoms with van der Waals surface area (Å²) in [6.07, 6.45) is 11.8. The van der Waals surface area contributed by atoms with Crippen LogP contribution >= 0.6 is 0 Å². The predicted octanol–water partition coefficient (Wildman–Crippen LogP) is 5.67. The van der Waals surface area contributed by atoms with Crippen molar-refractivity contribution in [1.82, 2.24) is 0 Å². The van der Waals surface area contributed by atoms with Gasteiger partial charge < -0.3 is 0 Å². The van der Waals surface area contributed by atoms with Gasteiger partial charge in [-0.25, -0.2) is 0 Å². The van der Waals surface area contributed by atoms with Crippen LogP contribution in [0.5, 0.6) is 0 Å². The summed E-state index contributed by atoms with van der Waals surface area (Å²) >= 11 is 0. The van der Waals surface area contributed by atoms with Crippen molar-refractivity contribution in [3.05, 3.63) is 0 Å². The van der Waals surface area contributed by atoms with Crippen LogP contribution in [0.2, 0.25) is 0 Å². The van der Waals surface area contributed by atoms with Crippen molar-refractivity contribution < 1.29 is 0 Å². The molecular formula is C16H32. The van der Waals surface area contributed by atoms with Gasteiger partial charge in [0.25, 0.3) is 0 Å². The van der Waals surface area contributed by atoms with Gasteiger partial charge in [-0.2, -0.15) is 0 Å². The van der Waals surface area contributed by atoms with E-state index in [1.807, 2.05) is 0 Å². The summed E-state index contributed by atoms with van der Waals surface area (Å²) in [5, 5.41) is 0. The largest absolute Gasteiger partial charge is 0.0625 e. The van der Waals surface area contributed by atoms with E-state index < -0.39 is 0 Å². The fourth-order valence-corrected chi connectivity index (χ4v) is 3.12. The zero-order valence-corrected chi connectivity index (χ0v) is 12.0.